The van der Waals surface area contributed by atoms with E-state index < -0.39 is 0 Å². The molecular weight excluding hydrogens is 439 g/mol. The van der Waals surface area contributed by atoms with Gasteiger partial charge in [-0.1, -0.05) is 12.1 Å². The van der Waals surface area contributed by atoms with E-state index >= 15 is 0 Å². The van der Waals surface area contributed by atoms with Gasteiger partial charge in [0.2, 0.25) is 11.4 Å². The number of aryl methyl sites for hydroxylation is 1. The van der Waals surface area contributed by atoms with Gasteiger partial charge in [0.25, 0.3) is 0 Å². The van der Waals surface area contributed by atoms with E-state index in [2.05, 4.69) is 28.1 Å². The molecule has 2 aromatic carbocycles. The van der Waals surface area contributed by atoms with Gasteiger partial charge in [-0.25, -0.2) is 4.57 Å². The number of rotatable bonds is 5. The smallest absolute Gasteiger partial charge is 0.244 e. The molecule has 0 aliphatic carbocycles. The Labute approximate surface area is 170 Å². The van der Waals surface area contributed by atoms with Crippen molar-refractivity contribution in [2.24, 2.45) is 7.05 Å². The molecule has 4 nitrogen and oxygen atoms in total. The number of amides is 1. The van der Waals surface area contributed by atoms with Crippen LogP contribution in [-0.2, 0) is 18.4 Å². The van der Waals surface area contributed by atoms with Crippen molar-refractivity contribution in [1.82, 2.24) is 5.32 Å². The Morgan fingerprint density at radius 3 is 2.65 bits per heavy atom. The first-order chi connectivity index (χ1) is 12.2. The van der Waals surface area contributed by atoms with Crippen LogP contribution in [0, 0.1) is 0 Å². The van der Waals surface area contributed by atoms with E-state index in [1.165, 1.54) is 0 Å². The van der Waals surface area contributed by atoms with Crippen LogP contribution in [0.2, 0.25) is 0 Å². The van der Waals surface area contributed by atoms with E-state index in [0.717, 1.165) is 27.8 Å². The first-order valence-electron chi connectivity index (χ1n) is 8.13. The molecule has 0 radical (unpaired) electrons. The number of carbonyl (C=O) groups is 1. The molecule has 0 aliphatic rings. The Bertz CT molecular complexity index is 921. The summed E-state index contributed by atoms with van der Waals surface area (Å²) in [6, 6.07) is 17.9. The molecule has 3 aromatic rings. The molecule has 0 atom stereocenters. The van der Waals surface area contributed by atoms with Gasteiger partial charge in [0.05, 0.1) is 7.11 Å². The zero-order valence-corrected chi connectivity index (χ0v) is 16.9. The molecule has 26 heavy (non-hydrogen) atoms. The quantitative estimate of drug-likeness (QED) is 0.331. The predicted octanol–water partition coefficient (Wildman–Crippen LogP) is 0.00650. The SMILES string of the molecule is COc1ccc(CNC(=O)/C=C/c2ccc3c(ccc[n+]3C)c2)cc1.[I-]. The van der Waals surface area contributed by atoms with Crippen LogP contribution < -0.4 is 38.6 Å². The van der Waals surface area contributed by atoms with E-state index in [9.17, 15) is 4.79 Å². The van der Waals surface area contributed by atoms with Crippen molar-refractivity contribution in [2.45, 2.75) is 6.54 Å². The number of pyridine rings is 1. The highest BCUT2D eigenvalue weighted by atomic mass is 127. The summed E-state index contributed by atoms with van der Waals surface area (Å²) in [5.74, 6) is 0.689. The van der Waals surface area contributed by atoms with Crippen molar-refractivity contribution in [2.75, 3.05) is 7.11 Å². The zero-order valence-electron chi connectivity index (χ0n) is 14.8. The number of nitrogens with one attached hydrogen (secondary N) is 1. The maximum atomic E-state index is 12.0. The molecule has 5 heteroatoms. The Hall–Kier alpha value is -2.41. The van der Waals surface area contributed by atoms with Crippen molar-refractivity contribution in [3.05, 3.63) is 78.0 Å². The van der Waals surface area contributed by atoms with E-state index in [0.29, 0.717) is 6.54 Å². The van der Waals surface area contributed by atoms with E-state index in [1.807, 2.05) is 55.7 Å². The summed E-state index contributed by atoms with van der Waals surface area (Å²) in [6.45, 7) is 0.487. The van der Waals surface area contributed by atoms with Crippen LogP contribution in [0.5, 0.6) is 5.75 Å². The Morgan fingerprint density at radius 1 is 1.15 bits per heavy atom. The van der Waals surface area contributed by atoms with Crippen molar-refractivity contribution in [1.29, 1.82) is 0 Å². The number of hydrogen-bond donors (Lipinski definition) is 1. The van der Waals surface area contributed by atoms with Crippen LogP contribution in [0.1, 0.15) is 11.1 Å². The summed E-state index contributed by atoms with van der Waals surface area (Å²) >= 11 is 0. The fraction of sp³-hybridized carbons (Fsp3) is 0.143. The van der Waals surface area contributed by atoms with Crippen molar-refractivity contribution >= 4 is 22.9 Å². The van der Waals surface area contributed by atoms with E-state index in [1.54, 1.807) is 13.2 Å². The highest BCUT2D eigenvalue weighted by Gasteiger charge is 2.03. The number of fused-ring (bicyclic) bond motifs is 1. The standard InChI is InChI=1S/C21H20N2O2.HI/c1-23-13-3-4-18-14-16(7-11-20(18)23)8-12-21(24)22-15-17-5-9-19(25-2)10-6-17;/h3-14H,15H2,1-2H3;1H/b12-8+;. The second-order valence-electron chi connectivity index (χ2n) is 5.84. The fourth-order valence-corrected chi connectivity index (χ4v) is 2.65. The molecule has 0 saturated heterocycles. The molecule has 0 fully saturated rings. The Kier molecular flexibility index (Phi) is 7.15. The number of halogens is 1. The summed E-state index contributed by atoms with van der Waals surface area (Å²) in [7, 11) is 3.65. The van der Waals surface area contributed by atoms with Crippen molar-refractivity contribution in [3.63, 3.8) is 0 Å². The fourth-order valence-electron chi connectivity index (χ4n) is 2.65. The van der Waals surface area contributed by atoms with Gasteiger partial charge < -0.3 is 34.0 Å². The number of nitrogens with zero attached hydrogens (tertiary/aromatic N) is 1. The van der Waals surface area contributed by atoms with Gasteiger partial charge >= 0.3 is 0 Å². The maximum Gasteiger partial charge on any atom is 0.244 e. The normalized spacial score (nSPS) is 10.5. The van der Waals surface area contributed by atoms with E-state index in [4.69, 9.17) is 4.74 Å². The van der Waals surface area contributed by atoms with Crippen LogP contribution in [-0.4, -0.2) is 13.0 Å². The minimum atomic E-state index is -0.116. The van der Waals surface area contributed by atoms with Gasteiger partial charge in [0, 0.05) is 30.1 Å². The van der Waals surface area contributed by atoms with Gasteiger partial charge in [-0.05, 0) is 47.5 Å². The third kappa shape index (κ3) is 5.05. The number of benzene rings is 2. The molecule has 1 amide bonds. The molecule has 134 valence electrons. The molecule has 0 saturated carbocycles. The summed E-state index contributed by atoms with van der Waals surface area (Å²) in [5.41, 5.74) is 3.18. The molecule has 0 aliphatic heterocycles. The minimum Gasteiger partial charge on any atom is -1.00 e. The molecule has 0 unspecified atom stereocenters. The van der Waals surface area contributed by atoms with Gasteiger partial charge in [0.15, 0.2) is 6.20 Å². The number of methoxy groups -OCH3 is 1. The predicted molar refractivity (Wildman–Crippen MR) is 99.0 cm³/mol. The number of carbonyl (C=O) groups excluding carboxylic acids is 1. The second kappa shape index (κ2) is 9.33. The van der Waals surface area contributed by atoms with E-state index in [-0.39, 0.29) is 29.9 Å². The van der Waals surface area contributed by atoms with Crippen molar-refractivity contribution < 1.29 is 38.1 Å². The maximum absolute atomic E-state index is 12.0. The lowest BCUT2D eigenvalue weighted by molar-refractivity contribution is -0.644. The molecule has 1 N–H and O–H groups in total. The zero-order chi connectivity index (χ0) is 17.6. The highest BCUT2D eigenvalue weighted by Crippen LogP contribution is 2.13. The average molecular weight is 460 g/mol. The molecular formula is C21H21IN2O2. The first-order valence-corrected chi connectivity index (χ1v) is 8.13. The first kappa shape index (κ1) is 19.9. The average Bonchev–Trinajstić information content (AvgIpc) is 2.65. The molecule has 0 spiro atoms. The third-order valence-electron chi connectivity index (χ3n) is 4.07. The number of hydrogen-bond acceptors (Lipinski definition) is 2. The Balaban J connectivity index is 0.00000243. The lowest BCUT2D eigenvalue weighted by Gasteiger charge is -2.04. The topological polar surface area (TPSA) is 42.2 Å². The van der Waals surface area contributed by atoms with Crippen LogP contribution in [0.25, 0.3) is 17.0 Å². The van der Waals surface area contributed by atoms with Crippen LogP contribution >= 0.6 is 0 Å². The monoisotopic (exact) mass is 460 g/mol. The summed E-state index contributed by atoms with van der Waals surface area (Å²) in [6.07, 6.45) is 5.41. The van der Waals surface area contributed by atoms with Gasteiger partial charge in [-0.2, -0.15) is 0 Å². The third-order valence-corrected chi connectivity index (χ3v) is 4.07. The molecule has 1 aromatic heterocycles. The lowest BCUT2D eigenvalue weighted by atomic mass is 10.1. The van der Waals surface area contributed by atoms with Gasteiger partial charge in [-0.15, -0.1) is 0 Å². The molecule has 3 rings (SSSR count). The second-order valence-corrected chi connectivity index (χ2v) is 5.84. The molecule has 1 heterocycles. The highest BCUT2D eigenvalue weighted by molar-refractivity contribution is 5.92. The van der Waals surface area contributed by atoms with Crippen LogP contribution in [0.15, 0.2) is 66.9 Å². The largest absolute Gasteiger partial charge is 1.00 e. The summed E-state index contributed by atoms with van der Waals surface area (Å²) < 4.78 is 7.19. The van der Waals surface area contributed by atoms with Crippen LogP contribution in [0.4, 0.5) is 0 Å². The molecule has 0 bridgehead atoms. The van der Waals surface area contributed by atoms with Gasteiger partial charge in [-0.3, -0.25) is 4.79 Å². The van der Waals surface area contributed by atoms with Crippen molar-refractivity contribution in [3.8, 4) is 5.75 Å². The lowest BCUT2D eigenvalue weighted by Crippen LogP contribution is -3.00. The summed E-state index contributed by atoms with van der Waals surface area (Å²) in [5, 5.41) is 4.03. The summed E-state index contributed by atoms with van der Waals surface area (Å²) in [4.78, 5) is 12.0. The minimum absolute atomic E-state index is 0. The number of ether oxygens (including phenoxy) is 1. The van der Waals surface area contributed by atoms with Gasteiger partial charge in [0.1, 0.15) is 12.8 Å². The van der Waals surface area contributed by atoms with Crippen LogP contribution in [0.3, 0.4) is 0 Å². The Morgan fingerprint density at radius 2 is 1.92 bits per heavy atom. The number of aromatic nitrogens is 1.